The molecule has 9 heteroatoms. The Kier molecular flexibility index (Phi) is 7.51. The molecule has 0 aromatic carbocycles. The van der Waals surface area contributed by atoms with Gasteiger partial charge in [0.25, 0.3) is 0 Å². The van der Waals surface area contributed by atoms with Crippen LogP contribution in [0.25, 0.3) is 0 Å². The van der Waals surface area contributed by atoms with Crippen molar-refractivity contribution >= 4 is 11.9 Å². The van der Waals surface area contributed by atoms with Crippen molar-refractivity contribution in [2.75, 3.05) is 0 Å². The van der Waals surface area contributed by atoms with Crippen LogP contribution in [-0.4, -0.2) is 63.2 Å². The summed E-state index contributed by atoms with van der Waals surface area (Å²) >= 11 is 0. The van der Waals surface area contributed by atoms with Gasteiger partial charge in [-0.05, 0) is 74.3 Å². The zero-order valence-corrected chi connectivity index (χ0v) is 23.2. The molecule has 4 saturated carbocycles. The number of ether oxygens (including phenoxy) is 1. The van der Waals surface area contributed by atoms with E-state index < -0.39 is 70.5 Å². The van der Waals surface area contributed by atoms with E-state index in [4.69, 9.17) is 21.9 Å². The van der Waals surface area contributed by atoms with Crippen LogP contribution in [0, 0.1) is 28.6 Å². The van der Waals surface area contributed by atoms with Crippen LogP contribution < -0.4 is 17.2 Å². The highest BCUT2D eigenvalue weighted by Gasteiger charge is 2.73. The first-order valence-corrected chi connectivity index (χ1v) is 13.7. The van der Waals surface area contributed by atoms with Gasteiger partial charge in [0, 0.05) is 36.4 Å². The number of hydrogen-bond acceptors (Lipinski definition) is 8. The summed E-state index contributed by atoms with van der Waals surface area (Å²) in [7, 11) is 0. The van der Waals surface area contributed by atoms with Crippen molar-refractivity contribution in [2.24, 2.45) is 45.8 Å². The van der Waals surface area contributed by atoms with Crippen LogP contribution in [0.1, 0.15) is 66.7 Å². The van der Waals surface area contributed by atoms with E-state index >= 15 is 0 Å². The van der Waals surface area contributed by atoms with Crippen molar-refractivity contribution in [2.45, 2.75) is 103 Å². The molecule has 0 saturated heterocycles. The zero-order chi connectivity index (χ0) is 28.4. The first-order chi connectivity index (χ1) is 17.6. The minimum Gasteiger partial charge on any atom is -0.478 e. The molecule has 0 bridgehead atoms. The molecular weight excluding hydrogens is 486 g/mol. The van der Waals surface area contributed by atoms with Crippen molar-refractivity contribution in [1.82, 2.24) is 0 Å². The number of aliphatic hydroxyl groups excluding tert-OH is 2. The molecule has 4 aliphatic rings. The fourth-order valence-electron chi connectivity index (χ4n) is 8.90. The van der Waals surface area contributed by atoms with Gasteiger partial charge in [0.15, 0.2) is 0 Å². The molecule has 4 aliphatic carbocycles. The van der Waals surface area contributed by atoms with E-state index in [0.717, 1.165) is 5.57 Å². The highest BCUT2D eigenvalue weighted by atomic mass is 16.5. The van der Waals surface area contributed by atoms with Gasteiger partial charge in [-0.25, -0.2) is 4.79 Å². The van der Waals surface area contributed by atoms with Gasteiger partial charge in [-0.3, -0.25) is 4.79 Å². The summed E-state index contributed by atoms with van der Waals surface area (Å²) in [5, 5.41) is 32.7. The number of rotatable bonds is 4. The Bertz CT molecular complexity index is 1080. The molecule has 0 amide bonds. The quantitative estimate of drug-likeness (QED) is 0.179. The number of allylic oxidation sites excluding steroid dienone is 3. The number of carbonyl (C=O) groups excluding carboxylic acids is 1. The zero-order valence-electron chi connectivity index (χ0n) is 23.2. The van der Waals surface area contributed by atoms with Gasteiger partial charge in [-0.1, -0.05) is 31.6 Å². The lowest BCUT2D eigenvalue weighted by Crippen LogP contribution is -2.78. The van der Waals surface area contributed by atoms with Crippen LogP contribution in [0.4, 0.5) is 0 Å². The van der Waals surface area contributed by atoms with E-state index in [1.54, 1.807) is 12.2 Å². The van der Waals surface area contributed by atoms with Gasteiger partial charge >= 0.3 is 11.9 Å². The molecule has 4 fully saturated rings. The standard InChI is InChI=1S/C29H45N3O6/c1-14(2)7-6-8-16(26(36)37)20-19(38-15(3)33)13-28(5)21(20)23(31)24(35)25-27(4)11-10-18(34)22(30)17(27)9-12-29(25,28)32/h6-8,17-19,21-25,34-35H,9-13,30-32H2,1-5H3,(H,36,37)/b8-6-,20-16+/t17-,18+,19-,21+,22-,23-,24+,25-,27-,28-,29+/m0/s1. The first-order valence-electron chi connectivity index (χ1n) is 13.7. The van der Waals surface area contributed by atoms with Crippen LogP contribution in [0.2, 0.25) is 0 Å². The van der Waals surface area contributed by atoms with Crippen LogP contribution >= 0.6 is 0 Å². The van der Waals surface area contributed by atoms with Gasteiger partial charge in [-0.2, -0.15) is 0 Å². The molecule has 212 valence electrons. The number of nitrogens with two attached hydrogens (primary N) is 3. The molecule has 4 rings (SSSR count). The van der Waals surface area contributed by atoms with Crippen molar-refractivity contribution < 1.29 is 29.6 Å². The van der Waals surface area contributed by atoms with Gasteiger partial charge < -0.3 is 37.3 Å². The molecule has 0 aliphatic heterocycles. The number of carboxylic acids is 1. The molecule has 0 spiro atoms. The number of aliphatic carboxylic acids is 1. The lowest BCUT2D eigenvalue weighted by atomic mass is 9.39. The van der Waals surface area contributed by atoms with Gasteiger partial charge in [0.2, 0.25) is 0 Å². The summed E-state index contributed by atoms with van der Waals surface area (Å²) in [6, 6.07) is -1.25. The summed E-state index contributed by atoms with van der Waals surface area (Å²) in [6.07, 6.45) is 5.21. The maximum atomic E-state index is 12.6. The molecule has 11 atom stereocenters. The maximum Gasteiger partial charge on any atom is 0.335 e. The fraction of sp³-hybridized carbons (Fsp3) is 0.724. The van der Waals surface area contributed by atoms with Crippen LogP contribution in [0.15, 0.2) is 34.9 Å². The van der Waals surface area contributed by atoms with Crippen LogP contribution in [0.5, 0.6) is 0 Å². The number of carboxylic acid groups (broad SMARTS) is 1. The van der Waals surface area contributed by atoms with E-state index in [1.807, 2.05) is 20.8 Å². The van der Waals surface area contributed by atoms with Crippen LogP contribution in [-0.2, 0) is 14.3 Å². The van der Waals surface area contributed by atoms with Crippen molar-refractivity contribution in [3.05, 3.63) is 34.9 Å². The first kappa shape index (κ1) is 29.0. The lowest BCUT2D eigenvalue weighted by Gasteiger charge is -2.69. The average molecular weight is 532 g/mol. The topological polar surface area (TPSA) is 182 Å². The van der Waals surface area contributed by atoms with Gasteiger partial charge in [-0.15, -0.1) is 0 Å². The Morgan fingerprint density at radius 3 is 2.29 bits per heavy atom. The molecule has 9 N–H and O–H groups in total. The van der Waals surface area contributed by atoms with Crippen molar-refractivity contribution in [1.29, 1.82) is 0 Å². The summed E-state index contributed by atoms with van der Waals surface area (Å²) in [5.74, 6) is -2.74. The fourth-order valence-corrected chi connectivity index (χ4v) is 8.90. The number of hydrogen-bond donors (Lipinski definition) is 6. The van der Waals surface area contributed by atoms with E-state index in [1.165, 1.54) is 13.0 Å². The van der Waals surface area contributed by atoms with Crippen LogP contribution in [0.3, 0.4) is 0 Å². The average Bonchev–Trinajstić information content (AvgIpc) is 3.10. The highest BCUT2D eigenvalue weighted by molar-refractivity contribution is 5.91. The normalized spacial score (nSPS) is 47.5. The predicted molar refractivity (Wildman–Crippen MR) is 143 cm³/mol. The maximum absolute atomic E-state index is 12.6. The molecule has 0 unspecified atom stereocenters. The minimum absolute atomic E-state index is 0.00915. The Hall–Kier alpha value is -2.04. The second-order valence-electron chi connectivity index (χ2n) is 12.9. The number of fused-ring (bicyclic) bond motifs is 5. The van der Waals surface area contributed by atoms with Crippen molar-refractivity contribution in [3.8, 4) is 0 Å². The molecule has 0 aromatic heterocycles. The number of aliphatic hydroxyl groups is 2. The second-order valence-corrected chi connectivity index (χ2v) is 12.9. The Labute approximate surface area is 225 Å². The molecule has 0 heterocycles. The summed E-state index contributed by atoms with van der Waals surface area (Å²) in [5.41, 5.74) is 20.1. The van der Waals surface area contributed by atoms with Crippen molar-refractivity contribution in [3.63, 3.8) is 0 Å². The second kappa shape index (κ2) is 9.86. The summed E-state index contributed by atoms with van der Waals surface area (Å²) in [4.78, 5) is 24.8. The van der Waals surface area contributed by atoms with E-state index in [2.05, 4.69) is 6.92 Å². The SMILES string of the molecule is CC(=O)O[C@H]1C[C@@]2(C)[C@H](/C1=C(\C=C/C=C(C)C)C(=O)O)[C@H](N)[C@@H](O)[C@H]1[C@@]3(C)CC[C@@H](O)[C@@H](N)[C@@H]3CC[C@@]12N. The molecule has 38 heavy (non-hydrogen) atoms. The molecule has 0 radical (unpaired) electrons. The largest absolute Gasteiger partial charge is 0.478 e. The monoisotopic (exact) mass is 531 g/mol. The molecule has 9 nitrogen and oxygen atoms in total. The Balaban J connectivity index is 1.91. The van der Waals surface area contributed by atoms with Gasteiger partial charge in [0.1, 0.15) is 6.10 Å². The third kappa shape index (κ3) is 4.18. The smallest absolute Gasteiger partial charge is 0.335 e. The summed E-state index contributed by atoms with van der Waals surface area (Å²) in [6.45, 7) is 9.24. The van der Waals surface area contributed by atoms with E-state index in [9.17, 15) is 24.9 Å². The minimum atomic E-state index is -1.15. The predicted octanol–water partition coefficient (Wildman–Crippen LogP) is 1.76. The third-order valence-electron chi connectivity index (χ3n) is 10.6. The summed E-state index contributed by atoms with van der Waals surface area (Å²) < 4.78 is 5.76. The number of esters is 1. The van der Waals surface area contributed by atoms with E-state index in [0.29, 0.717) is 37.7 Å². The Morgan fingerprint density at radius 2 is 1.71 bits per heavy atom. The highest BCUT2D eigenvalue weighted by Crippen LogP contribution is 2.69. The third-order valence-corrected chi connectivity index (χ3v) is 10.6. The lowest BCUT2D eigenvalue weighted by molar-refractivity contribution is -0.199. The van der Waals surface area contributed by atoms with Gasteiger partial charge in [0.05, 0.1) is 17.8 Å². The Morgan fingerprint density at radius 1 is 1.05 bits per heavy atom. The molecular formula is C29H45N3O6. The van der Waals surface area contributed by atoms with E-state index in [-0.39, 0.29) is 11.5 Å². The molecule has 0 aromatic rings. The number of carbonyl (C=O) groups is 2.